The lowest BCUT2D eigenvalue weighted by Crippen LogP contribution is -2.28. The highest BCUT2D eigenvalue weighted by molar-refractivity contribution is 9.10. The summed E-state index contributed by atoms with van der Waals surface area (Å²) in [5, 5.41) is 16.4. The molecule has 2 atom stereocenters. The first-order chi connectivity index (χ1) is 18.2. The first-order valence-electron chi connectivity index (χ1n) is 11.3. The maximum absolute atomic E-state index is 14.6. The molecule has 208 valence electrons. The number of aldehydes is 1. The van der Waals surface area contributed by atoms with Gasteiger partial charge in [0, 0.05) is 41.8 Å². The van der Waals surface area contributed by atoms with Crippen LogP contribution in [0.1, 0.15) is 30.0 Å². The number of aliphatic hydroxyl groups excluding tert-OH is 1. The second-order valence-electron chi connectivity index (χ2n) is 7.72. The van der Waals surface area contributed by atoms with Gasteiger partial charge in [-0.25, -0.2) is 18.2 Å². The summed E-state index contributed by atoms with van der Waals surface area (Å²) in [4.78, 5) is 29.5. The van der Waals surface area contributed by atoms with E-state index >= 15 is 0 Å². The summed E-state index contributed by atoms with van der Waals surface area (Å²) in [6, 6.07) is 3.80. The third-order valence-corrected chi connectivity index (χ3v) is 7.04. The number of carboxylic acid groups (broad SMARTS) is 1. The minimum absolute atomic E-state index is 0.105. The maximum atomic E-state index is 14.6. The highest BCUT2D eigenvalue weighted by Crippen LogP contribution is 2.40. The molecule has 0 spiro atoms. The van der Waals surface area contributed by atoms with Crippen LogP contribution >= 0.6 is 27.3 Å². The largest absolute Gasteiger partial charge is 0.483 e. The van der Waals surface area contributed by atoms with Gasteiger partial charge in [-0.3, -0.25) is 19.5 Å². The van der Waals surface area contributed by atoms with Gasteiger partial charge in [0.15, 0.2) is 0 Å². The van der Waals surface area contributed by atoms with Crippen LogP contribution in [0, 0.1) is 11.7 Å². The van der Waals surface area contributed by atoms with E-state index in [0.29, 0.717) is 27.8 Å². The number of carbonyl (C=O) groups excluding carboxylic acids is 1. The number of alkyl halides is 2. The Morgan fingerprint density at radius 1 is 1.39 bits per heavy atom. The Labute approximate surface area is 231 Å². The highest BCUT2D eigenvalue weighted by Gasteiger charge is 2.46. The van der Waals surface area contributed by atoms with E-state index in [2.05, 4.69) is 25.9 Å². The molecular weight excluding hydrogens is 589 g/mol. The number of aliphatic hydroxyl groups is 1. The average Bonchev–Trinajstić information content (AvgIpc) is 3.51. The molecule has 0 saturated carbocycles. The van der Waals surface area contributed by atoms with E-state index < -0.39 is 30.2 Å². The van der Waals surface area contributed by atoms with E-state index in [9.17, 15) is 18.0 Å². The van der Waals surface area contributed by atoms with Gasteiger partial charge in [-0.05, 0) is 35.8 Å². The van der Waals surface area contributed by atoms with Crippen LogP contribution in [0.2, 0.25) is 0 Å². The number of hydrogen-bond donors (Lipinski definition) is 3. The number of allylic oxidation sites excluding steroid dienone is 1. The predicted molar refractivity (Wildman–Crippen MR) is 146 cm³/mol. The molecule has 4 N–H and O–H groups in total. The summed E-state index contributed by atoms with van der Waals surface area (Å²) in [7, 11) is 1.00. The van der Waals surface area contributed by atoms with Gasteiger partial charge in [0.05, 0.1) is 24.8 Å². The Bertz CT molecular complexity index is 1110. The van der Waals surface area contributed by atoms with Crippen LogP contribution in [0.25, 0.3) is 5.57 Å². The molecule has 38 heavy (non-hydrogen) atoms. The minimum Gasteiger partial charge on any atom is -0.483 e. The standard InChI is InChI=1S/C23H24BrF3N4OS.CH2O2.CH4O/c1-2-17(21(30-14-28)18-6-5-16(25)10-20(18)24)19(22-29-7-9-33-22)12-31-11-15(4-3-8-32)23(26,27)13-31;2-1-3;1-2/h3-10,14-15,21H,2,11-13H2,1H3,(H2,28,30);1H,(H,2,3);2H,1H3/b4-3+,19-17-;;/t15?,21-;;/m1../s1. The first-order valence-corrected chi connectivity index (χ1v) is 12.9. The van der Waals surface area contributed by atoms with Crippen molar-refractivity contribution in [3.05, 3.63) is 68.4 Å². The summed E-state index contributed by atoms with van der Waals surface area (Å²) < 4.78 is 43.4. The number of benzene rings is 1. The van der Waals surface area contributed by atoms with Crippen LogP contribution < -0.4 is 5.73 Å². The Kier molecular flexibility index (Phi) is 14.7. The summed E-state index contributed by atoms with van der Waals surface area (Å²) in [5.41, 5.74) is 8.01. The van der Waals surface area contributed by atoms with Gasteiger partial charge in [-0.15, -0.1) is 11.3 Å². The Morgan fingerprint density at radius 2 is 2.08 bits per heavy atom. The van der Waals surface area contributed by atoms with Crippen molar-refractivity contribution < 1.29 is 33.0 Å². The number of halogens is 4. The first kappa shape index (κ1) is 33.2. The number of nitrogens with zero attached hydrogens (tertiary/aromatic N) is 3. The van der Waals surface area contributed by atoms with E-state index in [1.54, 1.807) is 17.2 Å². The molecule has 3 rings (SSSR count). The molecule has 0 amide bonds. The van der Waals surface area contributed by atoms with Gasteiger partial charge in [0.1, 0.15) is 17.1 Å². The zero-order valence-corrected chi connectivity index (χ0v) is 23.2. The zero-order chi connectivity index (χ0) is 28.7. The molecule has 1 aliphatic heterocycles. The fourth-order valence-corrected chi connectivity index (χ4v) is 5.31. The van der Waals surface area contributed by atoms with Crippen molar-refractivity contribution in [2.45, 2.75) is 25.3 Å². The number of hydrogen-bond acceptors (Lipinski definition) is 7. The molecule has 0 aliphatic carbocycles. The number of carbonyl (C=O) groups is 2. The van der Waals surface area contributed by atoms with Crippen molar-refractivity contribution in [1.82, 2.24) is 9.88 Å². The summed E-state index contributed by atoms with van der Waals surface area (Å²) in [6.45, 7) is 1.60. The topological polar surface area (TPSA) is 129 Å². The second kappa shape index (κ2) is 16.9. The molecular formula is C25H30BrF3N4O4S. The molecule has 13 heteroatoms. The summed E-state index contributed by atoms with van der Waals surface area (Å²) in [5.74, 6) is -4.39. The SMILES string of the molecule is CC/C(=C(\CN1CC(/C=C/C=O)C(F)(F)C1)c1nccs1)[C@@H](N=CN)c1ccc(F)cc1Br.CO.O=CO. The number of aromatic nitrogens is 1. The smallest absolute Gasteiger partial charge is 0.290 e. The lowest BCUT2D eigenvalue weighted by molar-refractivity contribution is -0.122. The highest BCUT2D eigenvalue weighted by atomic mass is 79.9. The van der Waals surface area contributed by atoms with Crippen molar-refractivity contribution in [2.75, 3.05) is 26.7 Å². The number of likely N-dealkylation sites (tertiary alicyclic amines) is 1. The zero-order valence-electron chi connectivity index (χ0n) is 20.8. The van der Waals surface area contributed by atoms with Gasteiger partial charge in [0.2, 0.25) is 0 Å². The van der Waals surface area contributed by atoms with Crippen LogP contribution in [0.3, 0.4) is 0 Å². The third-order valence-electron chi connectivity index (χ3n) is 5.52. The monoisotopic (exact) mass is 618 g/mol. The van der Waals surface area contributed by atoms with Crippen molar-refractivity contribution >= 4 is 51.9 Å². The Hall–Kier alpha value is -2.87. The molecule has 0 radical (unpaired) electrons. The lowest BCUT2D eigenvalue weighted by Gasteiger charge is -2.24. The van der Waals surface area contributed by atoms with Crippen LogP contribution in [-0.4, -0.2) is 71.9 Å². The number of thiazole rings is 1. The summed E-state index contributed by atoms with van der Waals surface area (Å²) in [6.07, 6.45) is 6.30. The van der Waals surface area contributed by atoms with E-state index in [4.69, 9.17) is 20.7 Å². The van der Waals surface area contributed by atoms with Crippen LogP contribution in [0.4, 0.5) is 13.2 Å². The molecule has 1 saturated heterocycles. The number of aliphatic imine (C=N–C) groups is 1. The Morgan fingerprint density at radius 3 is 2.61 bits per heavy atom. The van der Waals surface area contributed by atoms with E-state index in [1.807, 2.05) is 12.3 Å². The third kappa shape index (κ3) is 9.15. The van der Waals surface area contributed by atoms with Gasteiger partial charge in [0.25, 0.3) is 12.4 Å². The van der Waals surface area contributed by atoms with Gasteiger partial charge in [-0.1, -0.05) is 35.0 Å². The molecule has 1 aliphatic rings. The maximum Gasteiger partial charge on any atom is 0.290 e. The molecule has 2 aromatic rings. The van der Waals surface area contributed by atoms with E-state index in [0.717, 1.165) is 24.3 Å². The fourth-order valence-electron chi connectivity index (χ4n) is 4.03. The molecule has 1 fully saturated rings. The summed E-state index contributed by atoms with van der Waals surface area (Å²) >= 11 is 4.82. The van der Waals surface area contributed by atoms with Crippen molar-refractivity contribution in [2.24, 2.45) is 16.6 Å². The van der Waals surface area contributed by atoms with E-state index in [-0.39, 0.29) is 19.6 Å². The van der Waals surface area contributed by atoms with Crippen molar-refractivity contribution in [3.8, 4) is 0 Å². The molecule has 2 heterocycles. The van der Waals surface area contributed by atoms with Gasteiger partial charge >= 0.3 is 0 Å². The van der Waals surface area contributed by atoms with Crippen LogP contribution in [0.5, 0.6) is 0 Å². The van der Waals surface area contributed by atoms with Gasteiger partial charge < -0.3 is 15.9 Å². The quantitative estimate of drug-likeness (QED) is 0.162. The van der Waals surface area contributed by atoms with Crippen LogP contribution in [-0.2, 0) is 9.59 Å². The van der Waals surface area contributed by atoms with Crippen molar-refractivity contribution in [1.29, 1.82) is 0 Å². The lowest BCUT2D eigenvalue weighted by atomic mass is 9.92. The predicted octanol–water partition coefficient (Wildman–Crippen LogP) is 4.57. The fraction of sp³-hybridized carbons (Fsp3) is 0.360. The normalized spacial score (nSPS) is 18.2. The second-order valence-corrected chi connectivity index (χ2v) is 9.47. The molecule has 0 bridgehead atoms. The minimum atomic E-state index is -2.95. The van der Waals surface area contributed by atoms with Gasteiger partial charge in [-0.2, -0.15) is 0 Å². The Balaban J connectivity index is 0.00000135. The molecule has 8 nitrogen and oxygen atoms in total. The van der Waals surface area contributed by atoms with E-state index in [1.165, 1.54) is 35.9 Å². The molecule has 1 aromatic heterocycles. The number of rotatable bonds is 9. The van der Waals surface area contributed by atoms with Crippen LogP contribution in [0.15, 0.2) is 57.0 Å². The van der Waals surface area contributed by atoms with Crippen molar-refractivity contribution in [3.63, 3.8) is 0 Å². The molecule has 1 unspecified atom stereocenters. The number of nitrogens with two attached hydrogens (primary N) is 1. The average molecular weight is 620 g/mol. The molecule has 1 aromatic carbocycles.